The Morgan fingerprint density at radius 1 is 1.20 bits per heavy atom. The number of benzene rings is 1. The molecule has 15 heavy (non-hydrogen) atoms. The predicted molar refractivity (Wildman–Crippen MR) is 57.0 cm³/mol. The molecule has 0 bridgehead atoms. The van der Waals surface area contributed by atoms with Crippen LogP contribution >= 0.6 is 15.9 Å². The summed E-state index contributed by atoms with van der Waals surface area (Å²) in [6.45, 7) is 0. The van der Waals surface area contributed by atoms with Gasteiger partial charge in [-0.15, -0.1) is 0 Å². The maximum absolute atomic E-state index is 10.3. The molecule has 0 saturated carbocycles. The molecule has 0 spiro atoms. The maximum atomic E-state index is 10.3. The van der Waals surface area contributed by atoms with Gasteiger partial charge in [0.1, 0.15) is 0 Å². The molecule has 0 aliphatic heterocycles. The molecule has 0 radical (unpaired) electrons. The van der Waals surface area contributed by atoms with Gasteiger partial charge in [-0.3, -0.25) is 0 Å². The van der Waals surface area contributed by atoms with E-state index >= 15 is 0 Å². The molecule has 0 fully saturated rings. The van der Waals surface area contributed by atoms with E-state index in [9.17, 15) is 13.0 Å². The van der Waals surface area contributed by atoms with E-state index in [-0.39, 0.29) is 35.3 Å². The molecule has 78 valence electrons. The van der Waals surface area contributed by atoms with Crippen LogP contribution in [0.5, 0.6) is 0 Å². The van der Waals surface area contributed by atoms with Gasteiger partial charge in [0, 0.05) is 10.2 Å². The molecule has 3 nitrogen and oxygen atoms in total. The van der Waals surface area contributed by atoms with Crippen molar-refractivity contribution in [2.24, 2.45) is 0 Å². The van der Waals surface area contributed by atoms with Crippen LogP contribution in [-0.2, 0) is 16.5 Å². The van der Waals surface area contributed by atoms with E-state index in [0.29, 0.717) is 12.8 Å². The number of halogens is 1. The quantitative estimate of drug-likeness (QED) is 0.526. The molecule has 0 saturated heterocycles. The van der Waals surface area contributed by atoms with E-state index in [0.717, 1.165) is 10.0 Å². The third-order valence-corrected chi connectivity index (χ3v) is 3.09. The minimum Gasteiger partial charge on any atom is -0.748 e. The van der Waals surface area contributed by atoms with Gasteiger partial charge in [0.15, 0.2) is 0 Å². The Labute approximate surface area is 120 Å². The Kier molecular flexibility index (Phi) is 7.32. The van der Waals surface area contributed by atoms with Crippen LogP contribution in [0.25, 0.3) is 0 Å². The fourth-order valence-corrected chi connectivity index (χ4v) is 1.87. The van der Waals surface area contributed by atoms with E-state index in [4.69, 9.17) is 0 Å². The minimum atomic E-state index is -4.06. The van der Waals surface area contributed by atoms with E-state index in [2.05, 4.69) is 15.9 Å². The van der Waals surface area contributed by atoms with Crippen LogP contribution in [0.3, 0.4) is 0 Å². The Morgan fingerprint density at radius 3 is 2.20 bits per heavy atom. The fourth-order valence-electron chi connectivity index (χ4n) is 1.10. The second-order valence-electron chi connectivity index (χ2n) is 2.99. The van der Waals surface area contributed by atoms with Crippen molar-refractivity contribution in [3.63, 3.8) is 0 Å². The van der Waals surface area contributed by atoms with Gasteiger partial charge in [0.2, 0.25) is 0 Å². The maximum Gasteiger partial charge on any atom is 1.00 e. The molecular weight excluding hydrogens is 291 g/mol. The number of rotatable bonds is 4. The first kappa shape index (κ1) is 15.6. The summed E-state index contributed by atoms with van der Waals surface area (Å²) in [6.07, 6.45) is 1.00. The third kappa shape index (κ3) is 7.49. The summed E-state index contributed by atoms with van der Waals surface area (Å²) in [7, 11) is -4.06. The van der Waals surface area contributed by atoms with Crippen LogP contribution in [0, 0.1) is 0 Å². The van der Waals surface area contributed by atoms with Crippen molar-refractivity contribution in [1.29, 1.82) is 0 Å². The molecule has 0 aliphatic rings. The van der Waals surface area contributed by atoms with Gasteiger partial charge in [-0.1, -0.05) is 28.1 Å². The van der Waals surface area contributed by atoms with Crippen molar-refractivity contribution in [1.82, 2.24) is 0 Å². The zero-order valence-corrected chi connectivity index (χ0v) is 12.8. The summed E-state index contributed by atoms with van der Waals surface area (Å²) in [6, 6.07) is 7.59. The van der Waals surface area contributed by atoms with Crippen LogP contribution in [0.2, 0.25) is 0 Å². The van der Waals surface area contributed by atoms with Crippen molar-refractivity contribution < 1.29 is 42.5 Å². The smallest absolute Gasteiger partial charge is 0.748 e. The number of hydrogen-bond acceptors (Lipinski definition) is 3. The third-order valence-electron chi connectivity index (χ3n) is 1.77. The van der Waals surface area contributed by atoms with Crippen LogP contribution < -0.4 is 29.6 Å². The summed E-state index contributed by atoms with van der Waals surface area (Å²) in [5.41, 5.74) is 1.04. The SMILES string of the molecule is O=S(=O)([O-])CCCc1ccc(Br)cc1.[Na+]. The monoisotopic (exact) mass is 300 g/mol. The molecule has 1 aromatic rings. The molecule has 1 rings (SSSR count). The topological polar surface area (TPSA) is 57.2 Å². The summed E-state index contributed by atoms with van der Waals surface area (Å²) >= 11 is 3.30. The Bertz CT molecular complexity index is 388. The van der Waals surface area contributed by atoms with Crippen LogP contribution in [0.4, 0.5) is 0 Å². The van der Waals surface area contributed by atoms with Gasteiger partial charge in [0.25, 0.3) is 0 Å². The molecule has 6 heteroatoms. The summed E-state index contributed by atoms with van der Waals surface area (Å²) in [5, 5.41) is 0. The molecule has 0 aliphatic carbocycles. The number of aryl methyl sites for hydroxylation is 1. The van der Waals surface area contributed by atoms with Gasteiger partial charge < -0.3 is 4.55 Å². The van der Waals surface area contributed by atoms with E-state index < -0.39 is 10.1 Å². The van der Waals surface area contributed by atoms with Gasteiger partial charge in [-0.25, -0.2) is 8.42 Å². The largest absolute Gasteiger partial charge is 1.00 e. The first-order valence-corrected chi connectivity index (χ1v) is 6.52. The first-order chi connectivity index (χ1) is 6.47. The standard InChI is InChI=1S/C9H11BrO3S.Na/c10-9-5-3-8(4-6-9)2-1-7-14(11,12)13;/h3-6H,1-2,7H2,(H,11,12,13);/q;+1/p-1. The summed E-state index contributed by atoms with van der Waals surface area (Å²) in [4.78, 5) is 0. The van der Waals surface area contributed by atoms with Crippen LogP contribution in [0.15, 0.2) is 28.7 Å². The number of hydrogen-bond donors (Lipinski definition) is 0. The van der Waals surface area contributed by atoms with Gasteiger partial charge in [-0.2, -0.15) is 0 Å². The van der Waals surface area contributed by atoms with Crippen molar-refractivity contribution in [3.8, 4) is 0 Å². The van der Waals surface area contributed by atoms with Gasteiger partial charge >= 0.3 is 29.6 Å². The molecule has 0 amide bonds. The predicted octanol–water partition coefficient (Wildman–Crippen LogP) is -1.07. The van der Waals surface area contributed by atoms with Crippen LogP contribution in [0.1, 0.15) is 12.0 Å². The van der Waals surface area contributed by atoms with Crippen molar-refractivity contribution >= 4 is 26.0 Å². The second kappa shape index (κ2) is 7.04. The fraction of sp³-hybridized carbons (Fsp3) is 0.333. The minimum absolute atomic E-state index is 0. The first-order valence-electron chi connectivity index (χ1n) is 4.15. The zero-order valence-electron chi connectivity index (χ0n) is 8.44. The average Bonchev–Trinajstić information content (AvgIpc) is 2.06. The van der Waals surface area contributed by atoms with E-state index in [1.54, 1.807) is 0 Å². The molecular formula is C9H10BrNaO3S. The van der Waals surface area contributed by atoms with E-state index in [1.807, 2.05) is 24.3 Å². The normalized spacial score (nSPS) is 10.8. The Balaban J connectivity index is 0.00000196. The molecule has 0 atom stereocenters. The molecule has 1 aromatic carbocycles. The van der Waals surface area contributed by atoms with Crippen LogP contribution in [-0.4, -0.2) is 18.7 Å². The summed E-state index contributed by atoms with van der Waals surface area (Å²) in [5.74, 6) is -0.289. The van der Waals surface area contributed by atoms with Gasteiger partial charge in [-0.05, 0) is 30.5 Å². The zero-order chi connectivity index (χ0) is 10.6. The molecule has 0 unspecified atom stereocenters. The summed E-state index contributed by atoms with van der Waals surface area (Å²) < 4.78 is 31.9. The van der Waals surface area contributed by atoms with Gasteiger partial charge in [0.05, 0.1) is 10.1 Å². The van der Waals surface area contributed by atoms with E-state index in [1.165, 1.54) is 0 Å². The Morgan fingerprint density at radius 2 is 1.73 bits per heavy atom. The molecule has 0 heterocycles. The second-order valence-corrected chi connectivity index (χ2v) is 5.43. The Hall–Kier alpha value is 0.610. The van der Waals surface area contributed by atoms with Crippen molar-refractivity contribution in [3.05, 3.63) is 34.3 Å². The van der Waals surface area contributed by atoms with Crippen molar-refractivity contribution in [2.75, 3.05) is 5.75 Å². The molecule has 0 aromatic heterocycles. The van der Waals surface area contributed by atoms with Crippen molar-refractivity contribution in [2.45, 2.75) is 12.8 Å². The molecule has 0 N–H and O–H groups in total. The average molecular weight is 301 g/mol.